The molecule has 0 saturated carbocycles. The van der Waals surface area contributed by atoms with Crippen molar-refractivity contribution in [2.45, 2.75) is 0 Å². The molecule has 0 atom stereocenters. The molecule has 0 aromatic carbocycles. The third-order valence-electron chi connectivity index (χ3n) is 1.23. The van der Waals surface area contributed by atoms with Crippen molar-refractivity contribution in [3.63, 3.8) is 0 Å². The van der Waals surface area contributed by atoms with Crippen LogP contribution in [-0.2, 0) is 10.0 Å². The van der Waals surface area contributed by atoms with E-state index in [0.29, 0.717) is 5.82 Å². The van der Waals surface area contributed by atoms with E-state index in [4.69, 9.17) is 16.7 Å². The Morgan fingerprint density at radius 3 is 2.86 bits per heavy atom. The van der Waals surface area contributed by atoms with Gasteiger partial charge in [0.25, 0.3) is 0 Å². The Morgan fingerprint density at radius 2 is 2.29 bits per heavy atom. The number of anilines is 1. The van der Waals surface area contributed by atoms with Gasteiger partial charge < -0.3 is 5.32 Å². The predicted octanol–water partition coefficient (Wildman–Crippen LogP) is -0.775. The summed E-state index contributed by atoms with van der Waals surface area (Å²) < 4.78 is 21.1. The van der Waals surface area contributed by atoms with E-state index in [-0.39, 0.29) is 17.6 Å². The molecule has 7 nitrogen and oxygen atoms in total. The lowest BCUT2D eigenvalue weighted by atomic mass is 10.6. The maximum Gasteiger partial charge on any atom is 0.244 e. The fourth-order valence-electron chi connectivity index (χ4n) is 0.688. The normalized spacial score (nSPS) is 11.3. The lowest BCUT2D eigenvalue weighted by Crippen LogP contribution is -2.22. The first kappa shape index (κ1) is 11.1. The lowest BCUT2D eigenvalue weighted by Gasteiger charge is -2.02. The van der Waals surface area contributed by atoms with Crippen molar-refractivity contribution < 1.29 is 8.42 Å². The van der Waals surface area contributed by atoms with Gasteiger partial charge in [0.05, 0.1) is 11.9 Å². The topological polar surface area (TPSA) is 111 Å². The highest BCUT2D eigenvalue weighted by atomic mass is 35.5. The first-order valence-corrected chi connectivity index (χ1v) is 5.66. The maximum absolute atomic E-state index is 10.6. The van der Waals surface area contributed by atoms with Gasteiger partial charge in [0.1, 0.15) is 5.82 Å². The van der Waals surface area contributed by atoms with Crippen molar-refractivity contribution in [1.82, 2.24) is 15.2 Å². The van der Waals surface area contributed by atoms with Crippen molar-refractivity contribution >= 4 is 27.4 Å². The van der Waals surface area contributed by atoms with Crippen molar-refractivity contribution in [3.05, 3.63) is 11.5 Å². The highest BCUT2D eigenvalue weighted by molar-refractivity contribution is 7.89. The molecule has 1 aromatic heterocycles. The Morgan fingerprint density at radius 1 is 1.57 bits per heavy atom. The molecule has 0 unspecified atom stereocenters. The van der Waals surface area contributed by atoms with Crippen molar-refractivity contribution in [1.29, 1.82) is 0 Å². The molecular weight excluding hydrogens is 230 g/mol. The lowest BCUT2D eigenvalue weighted by molar-refractivity contribution is 0.598. The quantitative estimate of drug-likeness (QED) is 0.711. The van der Waals surface area contributed by atoms with Gasteiger partial charge in [-0.3, -0.25) is 0 Å². The molecule has 78 valence electrons. The van der Waals surface area contributed by atoms with Crippen LogP contribution in [0.3, 0.4) is 0 Å². The molecule has 0 amide bonds. The summed E-state index contributed by atoms with van der Waals surface area (Å²) in [5, 5.41) is 14.4. The summed E-state index contributed by atoms with van der Waals surface area (Å²) in [6, 6.07) is 0. The molecule has 1 rings (SSSR count). The Labute approximate surface area is 85.7 Å². The smallest absolute Gasteiger partial charge is 0.244 e. The average molecular weight is 238 g/mol. The molecule has 0 spiro atoms. The monoisotopic (exact) mass is 237 g/mol. The molecule has 0 fully saturated rings. The first-order valence-electron chi connectivity index (χ1n) is 3.57. The molecule has 0 aliphatic heterocycles. The zero-order chi connectivity index (χ0) is 10.6. The number of rotatable bonds is 4. The molecule has 0 aliphatic carbocycles. The molecule has 0 bridgehead atoms. The van der Waals surface area contributed by atoms with E-state index in [0.717, 1.165) is 0 Å². The molecule has 14 heavy (non-hydrogen) atoms. The Hall–Kier alpha value is -0.990. The summed E-state index contributed by atoms with van der Waals surface area (Å²) in [7, 11) is -3.46. The zero-order valence-corrected chi connectivity index (χ0v) is 8.59. The number of nitrogens with zero attached hydrogens (tertiary/aromatic N) is 3. The Bertz CT molecular complexity index is 408. The van der Waals surface area contributed by atoms with E-state index in [9.17, 15) is 8.42 Å². The molecule has 1 heterocycles. The summed E-state index contributed by atoms with van der Waals surface area (Å²) in [6.45, 7) is 0.147. The largest absolute Gasteiger partial charge is 0.368 e. The van der Waals surface area contributed by atoms with Gasteiger partial charge in [-0.25, -0.2) is 13.6 Å². The first-order chi connectivity index (χ1) is 6.47. The van der Waals surface area contributed by atoms with Gasteiger partial charge in [-0.15, -0.1) is 5.10 Å². The Kier molecular flexibility index (Phi) is 3.55. The van der Waals surface area contributed by atoms with Gasteiger partial charge in [-0.05, 0) is 11.6 Å². The van der Waals surface area contributed by atoms with Gasteiger partial charge in [-0.2, -0.15) is 10.1 Å². The van der Waals surface area contributed by atoms with Crippen LogP contribution in [0.25, 0.3) is 0 Å². The van der Waals surface area contributed by atoms with Crippen LogP contribution in [0.15, 0.2) is 6.20 Å². The summed E-state index contributed by atoms with van der Waals surface area (Å²) >= 11 is 5.45. The minimum atomic E-state index is -3.46. The molecular formula is C5H8ClN5O2S. The van der Waals surface area contributed by atoms with Crippen molar-refractivity contribution in [3.8, 4) is 0 Å². The van der Waals surface area contributed by atoms with Crippen LogP contribution in [0.2, 0.25) is 5.28 Å². The number of sulfonamides is 1. The SMILES string of the molecule is NS(=O)(=O)CCNc1cnnc(Cl)n1. The number of aromatic nitrogens is 3. The molecule has 0 aliphatic rings. The minimum Gasteiger partial charge on any atom is -0.368 e. The number of hydrogen-bond donors (Lipinski definition) is 2. The van der Waals surface area contributed by atoms with Crippen LogP contribution in [-0.4, -0.2) is 35.9 Å². The molecule has 3 N–H and O–H groups in total. The van der Waals surface area contributed by atoms with Crippen LogP contribution in [0.5, 0.6) is 0 Å². The van der Waals surface area contributed by atoms with Crippen LogP contribution in [0.1, 0.15) is 0 Å². The van der Waals surface area contributed by atoms with Gasteiger partial charge in [0.2, 0.25) is 15.3 Å². The molecule has 0 saturated heterocycles. The second-order valence-electron chi connectivity index (χ2n) is 2.40. The van der Waals surface area contributed by atoms with E-state index in [1.54, 1.807) is 0 Å². The second kappa shape index (κ2) is 4.49. The van der Waals surface area contributed by atoms with Gasteiger partial charge in [0, 0.05) is 6.54 Å². The summed E-state index contributed by atoms with van der Waals surface area (Å²) in [4.78, 5) is 3.74. The third kappa shape index (κ3) is 4.30. The zero-order valence-electron chi connectivity index (χ0n) is 7.01. The van der Waals surface area contributed by atoms with Crippen LogP contribution in [0.4, 0.5) is 5.82 Å². The fourth-order valence-corrected chi connectivity index (χ4v) is 1.21. The van der Waals surface area contributed by atoms with Crippen LogP contribution >= 0.6 is 11.6 Å². The van der Waals surface area contributed by atoms with Crippen LogP contribution in [0, 0.1) is 0 Å². The van der Waals surface area contributed by atoms with Crippen molar-refractivity contribution in [2.24, 2.45) is 5.14 Å². The van der Waals surface area contributed by atoms with Gasteiger partial charge in [-0.1, -0.05) is 0 Å². The van der Waals surface area contributed by atoms with E-state index in [2.05, 4.69) is 20.5 Å². The van der Waals surface area contributed by atoms with Crippen molar-refractivity contribution in [2.75, 3.05) is 17.6 Å². The van der Waals surface area contributed by atoms with E-state index in [1.807, 2.05) is 0 Å². The van der Waals surface area contributed by atoms with E-state index >= 15 is 0 Å². The maximum atomic E-state index is 10.6. The molecule has 1 aromatic rings. The highest BCUT2D eigenvalue weighted by Gasteiger charge is 2.02. The average Bonchev–Trinajstić information content (AvgIpc) is 2.01. The molecule has 9 heteroatoms. The summed E-state index contributed by atoms with van der Waals surface area (Å²) in [5.74, 6) is 0.169. The van der Waals surface area contributed by atoms with Gasteiger partial charge >= 0.3 is 0 Å². The van der Waals surface area contributed by atoms with E-state index in [1.165, 1.54) is 6.20 Å². The minimum absolute atomic E-state index is 0.00870. The molecule has 0 radical (unpaired) electrons. The van der Waals surface area contributed by atoms with Gasteiger partial charge in [0.15, 0.2) is 0 Å². The number of hydrogen-bond acceptors (Lipinski definition) is 6. The summed E-state index contributed by atoms with van der Waals surface area (Å²) in [5.41, 5.74) is 0. The summed E-state index contributed by atoms with van der Waals surface area (Å²) in [6.07, 6.45) is 1.33. The highest BCUT2D eigenvalue weighted by Crippen LogP contribution is 2.02. The predicted molar refractivity (Wildman–Crippen MR) is 51.3 cm³/mol. The standard InChI is InChI=1S/C5H8ClN5O2S/c6-5-10-4(3-9-11-5)8-1-2-14(7,12)13/h3H,1-2H2,(H2,7,12,13)(H,8,10,11). The number of halogens is 1. The number of primary sulfonamides is 1. The van der Waals surface area contributed by atoms with Crippen LogP contribution < -0.4 is 10.5 Å². The van der Waals surface area contributed by atoms with E-state index < -0.39 is 10.0 Å². The third-order valence-corrected chi connectivity index (χ3v) is 2.16. The fraction of sp³-hybridized carbons (Fsp3) is 0.400. The second-order valence-corrected chi connectivity index (χ2v) is 4.48. The Balaban J connectivity index is 2.47. The number of nitrogens with one attached hydrogen (secondary N) is 1. The number of nitrogens with two attached hydrogens (primary N) is 1.